The van der Waals surface area contributed by atoms with Crippen LogP contribution in [-0.4, -0.2) is 285 Å². The van der Waals surface area contributed by atoms with E-state index in [2.05, 4.69) is 46.9 Å². The van der Waals surface area contributed by atoms with E-state index in [9.17, 15) is 48.3 Å². The zero-order valence-electron chi connectivity index (χ0n) is 72.9. The Morgan fingerprint density at radius 3 is 1.65 bits per heavy atom. The van der Waals surface area contributed by atoms with Gasteiger partial charge in [-0.25, -0.2) is 15.0 Å². The molecule has 646 valence electrons. The van der Waals surface area contributed by atoms with Crippen LogP contribution in [0.3, 0.4) is 0 Å². The summed E-state index contributed by atoms with van der Waals surface area (Å²) < 4.78 is 0. The van der Waals surface area contributed by atoms with Gasteiger partial charge in [0.15, 0.2) is 5.13 Å². The maximum Gasteiger partial charge on any atom is 0.267 e. The summed E-state index contributed by atoms with van der Waals surface area (Å²) >= 11 is 7.50. The van der Waals surface area contributed by atoms with Crippen LogP contribution in [0.5, 0.6) is 0 Å². The molecule has 2 aromatic heterocycles. The first-order valence-electron chi connectivity index (χ1n) is 40.6. The third-order valence-electron chi connectivity index (χ3n) is 21.6. The van der Waals surface area contributed by atoms with Crippen LogP contribution in [0.15, 0.2) is 30.5 Å². The highest BCUT2D eigenvalue weighted by Crippen LogP contribution is 2.31. The quantitative estimate of drug-likeness (QED) is 0.0577. The van der Waals surface area contributed by atoms with Crippen molar-refractivity contribution in [3.05, 3.63) is 51.7 Å². The highest BCUT2D eigenvalue weighted by atomic mass is 35.5. The Kier molecular flexibility index (Phi) is 36.9. The van der Waals surface area contributed by atoms with Gasteiger partial charge in [0.2, 0.25) is 70.9 Å². The number of nitrogens with one attached hydrogen (secondary N) is 6. The lowest BCUT2D eigenvalue weighted by Gasteiger charge is -2.41. The van der Waals surface area contributed by atoms with E-state index < -0.39 is 156 Å². The molecular weight excluding hydrogens is 1530 g/mol. The third-order valence-corrected chi connectivity index (χ3v) is 22.8. The normalized spacial score (nSPS) is 23.5. The minimum Gasteiger partial charge on any atom is -0.390 e. The lowest BCUT2D eigenvalue weighted by atomic mass is 9.90. The van der Waals surface area contributed by atoms with E-state index in [1.165, 1.54) is 93.9 Å². The van der Waals surface area contributed by atoms with Crippen LogP contribution < -0.4 is 36.8 Å². The second-order valence-electron chi connectivity index (χ2n) is 33.7. The second kappa shape index (κ2) is 43.9. The summed E-state index contributed by atoms with van der Waals surface area (Å²) in [5.74, 6) is -9.67. The van der Waals surface area contributed by atoms with E-state index in [4.69, 9.17) is 11.6 Å². The number of hydrogen-bond acceptors (Lipinski definition) is 20. The maximum absolute atomic E-state index is 15.6. The van der Waals surface area contributed by atoms with Crippen molar-refractivity contribution in [2.24, 2.45) is 41.4 Å². The van der Waals surface area contributed by atoms with Gasteiger partial charge in [-0.2, -0.15) is 0 Å². The standard InChI is InChI=1S/C82H131ClN18O14S/c1-26-56-77(111)93(19)43-65(103)94(20)57(37-44(2)3)73(107)91-66(48(10)11)80(114)95(21)58(38-45(4)5)72(106)85-52(16)71(105)86-53(17)76(110)96(22)59(39-46(6)7)78(112)97(23)60(40-47(8)9)79(113)98(24)68(49(12)13)81(115)99(25)69(75(109)89-56)70(104)51(15)30-28-32-64(102)101-35-33-100(34-36-101)63-41-62(87-54(18)88-63)90-82-84-42-61(116-82)74(108)92-67-50(14)29-27-31-55(67)83/h27,29,31,41-42,44-49,51-53,56-60,66,68-70,104H,26,28,30,32-40,43H2,1-25H3,(H,85,106)(H,86,105)(H,89,109)(H,91,107)(H,92,108)(H,84,87,88,90)/t51-,52+,53-,56+,57+,58+,59+,60+,66+,68+,69+,70-/m1/s1. The predicted molar refractivity (Wildman–Crippen MR) is 448 cm³/mol. The molecule has 13 amide bonds. The molecule has 4 heterocycles. The topological polar surface area (TPSA) is 382 Å². The third kappa shape index (κ3) is 26.2. The summed E-state index contributed by atoms with van der Waals surface area (Å²) in [6.45, 7) is 32.4. The zero-order chi connectivity index (χ0) is 87.5. The van der Waals surface area contributed by atoms with Crippen LogP contribution in [0, 0.1) is 55.3 Å². The summed E-state index contributed by atoms with van der Waals surface area (Å²) in [4.78, 5) is 217. The number of thiazole rings is 1. The number of carbonyl (C=O) groups is 13. The fourth-order valence-electron chi connectivity index (χ4n) is 14.6. The van der Waals surface area contributed by atoms with Crippen LogP contribution >= 0.6 is 22.9 Å². The van der Waals surface area contributed by atoms with E-state index in [1.54, 1.807) is 71.6 Å². The number of halogens is 1. The first-order valence-corrected chi connectivity index (χ1v) is 41.7. The number of rotatable bonds is 22. The Balaban J connectivity index is 1.48. The van der Waals surface area contributed by atoms with E-state index in [0.29, 0.717) is 64.4 Å². The Morgan fingerprint density at radius 1 is 0.586 bits per heavy atom. The van der Waals surface area contributed by atoms with Crippen LogP contribution in [-0.2, 0) is 57.5 Å². The molecule has 0 aliphatic carbocycles. The number of likely N-dealkylation sites (N-methyl/N-ethyl adjacent to an activating group) is 7. The molecule has 5 rings (SSSR count). The van der Waals surface area contributed by atoms with E-state index in [1.807, 2.05) is 73.3 Å². The lowest BCUT2D eigenvalue weighted by Crippen LogP contribution is -2.63. The van der Waals surface area contributed by atoms with E-state index >= 15 is 19.2 Å². The molecule has 116 heavy (non-hydrogen) atoms. The number of aryl methyl sites for hydroxylation is 2. The Bertz CT molecular complexity index is 3920. The fourth-order valence-corrected chi connectivity index (χ4v) is 15.6. The number of aliphatic hydroxyl groups is 1. The number of aromatic nitrogens is 3. The van der Waals surface area contributed by atoms with Gasteiger partial charge in [0.25, 0.3) is 5.91 Å². The first-order chi connectivity index (χ1) is 54.1. The van der Waals surface area contributed by atoms with Crippen molar-refractivity contribution in [2.75, 3.05) is 97.6 Å². The van der Waals surface area contributed by atoms with Crippen molar-refractivity contribution >= 4 is 122 Å². The van der Waals surface area contributed by atoms with Crippen LogP contribution in [0.4, 0.5) is 22.5 Å². The number of piperazine rings is 1. The monoisotopic (exact) mass is 1660 g/mol. The predicted octanol–water partition coefficient (Wildman–Crippen LogP) is 6.33. The molecule has 0 bridgehead atoms. The van der Waals surface area contributed by atoms with Gasteiger partial charge in [0.05, 0.1) is 29.6 Å². The molecule has 0 unspecified atom stereocenters. The summed E-state index contributed by atoms with van der Waals surface area (Å²) in [7, 11) is 9.79. The molecule has 32 nitrogen and oxygen atoms in total. The zero-order valence-corrected chi connectivity index (χ0v) is 74.5. The summed E-state index contributed by atoms with van der Waals surface area (Å²) in [6, 6.07) is -5.89. The molecule has 2 saturated heterocycles. The van der Waals surface area contributed by atoms with Crippen molar-refractivity contribution in [1.29, 1.82) is 0 Å². The van der Waals surface area contributed by atoms with Gasteiger partial charge < -0.3 is 81.1 Å². The van der Waals surface area contributed by atoms with Gasteiger partial charge in [-0.3, -0.25) is 62.3 Å². The molecule has 3 aromatic rings. The summed E-state index contributed by atoms with van der Waals surface area (Å²) in [6.07, 6.45) is 0.666. The minimum atomic E-state index is -1.76. The van der Waals surface area contributed by atoms with E-state index in [-0.39, 0.29) is 86.9 Å². The smallest absolute Gasteiger partial charge is 0.267 e. The van der Waals surface area contributed by atoms with Gasteiger partial charge in [0, 0.05) is 88.0 Å². The van der Waals surface area contributed by atoms with Crippen LogP contribution in [0.2, 0.25) is 5.02 Å². The van der Waals surface area contributed by atoms with Crippen molar-refractivity contribution < 1.29 is 67.4 Å². The molecule has 34 heteroatoms. The number of carbonyl (C=O) groups excluding carboxylic acids is 13. The molecule has 0 spiro atoms. The average Bonchev–Trinajstić information content (AvgIpc) is 0.978. The first kappa shape index (κ1) is 97.5. The summed E-state index contributed by atoms with van der Waals surface area (Å²) in [5, 5.41) is 30.6. The molecule has 7 N–H and O–H groups in total. The molecule has 2 aliphatic rings. The number of para-hydroxylation sites is 1. The Morgan fingerprint density at radius 2 is 1.10 bits per heavy atom. The highest BCUT2D eigenvalue weighted by molar-refractivity contribution is 7.17. The molecule has 2 fully saturated rings. The van der Waals surface area contributed by atoms with Gasteiger partial charge >= 0.3 is 0 Å². The number of aliphatic hydroxyl groups excluding tert-OH is 1. The average molecular weight is 1660 g/mol. The molecule has 0 saturated carbocycles. The molecule has 2 aliphatic heterocycles. The van der Waals surface area contributed by atoms with Crippen molar-refractivity contribution in [2.45, 2.75) is 243 Å². The number of hydrogen-bond donors (Lipinski definition) is 7. The minimum absolute atomic E-state index is 0.0486. The Labute approximate surface area is 694 Å². The lowest BCUT2D eigenvalue weighted by molar-refractivity contribution is -0.157. The molecular formula is C82H131ClN18O14S. The molecule has 1 aromatic carbocycles. The second-order valence-corrected chi connectivity index (χ2v) is 35.2. The highest BCUT2D eigenvalue weighted by Gasteiger charge is 2.46. The van der Waals surface area contributed by atoms with Crippen LogP contribution in [0.1, 0.15) is 183 Å². The van der Waals surface area contributed by atoms with Crippen molar-refractivity contribution in [3.8, 4) is 0 Å². The maximum atomic E-state index is 15.6. The fraction of sp³-hybridized carbons (Fsp3) is 0.683. The van der Waals surface area contributed by atoms with Gasteiger partial charge in [-0.1, -0.05) is 132 Å². The largest absolute Gasteiger partial charge is 0.390 e. The summed E-state index contributed by atoms with van der Waals surface area (Å²) in [5.41, 5.74) is 1.31. The van der Waals surface area contributed by atoms with Gasteiger partial charge in [-0.05, 0) is 126 Å². The number of nitrogens with zero attached hydrogens (tertiary/aromatic N) is 12. The van der Waals surface area contributed by atoms with Gasteiger partial charge in [0.1, 0.15) is 82.8 Å². The Hall–Kier alpha value is -9.11. The van der Waals surface area contributed by atoms with Crippen molar-refractivity contribution in [1.82, 2.24) is 75.4 Å². The van der Waals surface area contributed by atoms with E-state index in [0.717, 1.165) is 26.7 Å². The molecule has 0 radical (unpaired) electrons. The number of anilines is 4. The SMILES string of the molecule is CC[C@@H]1NC(=O)[C@H]([C@H](O)[C@H](C)CCCC(=O)N2CCN(c3cc(Nc4ncc(C(=O)Nc5c(C)cccc5Cl)s4)nc(C)n3)CC2)N(C)C(=O)[C@H](C(C)C)N(C)C(=O)[C@H](CC(C)C)N(C)C(=O)[C@H](CC(C)C)N(C)C(=O)[C@@H](C)NC(=O)[C@H](C)NC(=O)[C@H](CC(C)C)N(C)C(=O)[C@H](C(C)C)NC(=O)[C@H](CC(C)C)N(C)C(=O)CN(C)C1=O. The number of amides is 13. The van der Waals surface area contributed by atoms with Gasteiger partial charge in [-0.15, -0.1) is 0 Å². The van der Waals surface area contributed by atoms with Crippen molar-refractivity contribution in [3.63, 3.8) is 0 Å². The number of benzene rings is 1. The molecule has 12 atom stereocenters. The van der Waals surface area contributed by atoms with Crippen LogP contribution in [0.25, 0.3) is 0 Å².